The van der Waals surface area contributed by atoms with Crippen LogP contribution in [0.25, 0.3) is 21.6 Å². The van der Waals surface area contributed by atoms with E-state index in [1.807, 2.05) is 18.3 Å². The lowest BCUT2D eigenvalue weighted by atomic mass is 10.2. The first-order chi connectivity index (χ1) is 11.2. The van der Waals surface area contributed by atoms with Crippen molar-refractivity contribution in [3.05, 3.63) is 60.9 Å². The molecule has 0 radical (unpaired) electrons. The number of H-pyrrole nitrogens is 1. The van der Waals surface area contributed by atoms with E-state index in [-0.39, 0.29) is 5.91 Å². The Balaban J connectivity index is 1.93. The molecule has 5 nitrogen and oxygen atoms in total. The fourth-order valence-electron chi connectivity index (χ4n) is 2.36. The Kier molecular flexibility index (Phi) is 4.34. The van der Waals surface area contributed by atoms with Gasteiger partial charge in [-0.3, -0.25) is 4.79 Å². The van der Waals surface area contributed by atoms with Gasteiger partial charge in [-0.1, -0.05) is 12.2 Å². The topological polar surface area (TPSA) is 61.9 Å². The third-order valence-electron chi connectivity index (χ3n) is 3.40. The maximum atomic E-state index is 12.5. The van der Waals surface area contributed by atoms with Gasteiger partial charge in [0.25, 0.3) is 5.91 Å². The number of thiazole rings is 1. The van der Waals surface area contributed by atoms with Crippen molar-refractivity contribution >= 4 is 28.3 Å². The Morgan fingerprint density at radius 2 is 2.09 bits per heavy atom. The van der Waals surface area contributed by atoms with Gasteiger partial charge in [0.05, 0.1) is 0 Å². The van der Waals surface area contributed by atoms with Crippen molar-refractivity contribution < 1.29 is 4.79 Å². The molecule has 0 saturated carbocycles. The molecule has 0 aliphatic heterocycles. The highest BCUT2D eigenvalue weighted by Crippen LogP contribution is 2.29. The Hall–Kier alpha value is -2.73. The van der Waals surface area contributed by atoms with Gasteiger partial charge in [-0.25, -0.2) is 9.97 Å². The average Bonchev–Trinajstić information content (AvgIpc) is 3.22. The van der Waals surface area contributed by atoms with Crippen molar-refractivity contribution in [2.45, 2.75) is 0 Å². The van der Waals surface area contributed by atoms with Gasteiger partial charge >= 0.3 is 0 Å². The maximum Gasteiger partial charge on any atom is 0.273 e. The number of aromatic nitrogens is 3. The van der Waals surface area contributed by atoms with Gasteiger partial charge in [0, 0.05) is 41.8 Å². The van der Waals surface area contributed by atoms with Crippen molar-refractivity contribution in [3.63, 3.8) is 0 Å². The summed E-state index contributed by atoms with van der Waals surface area (Å²) in [5.41, 5.74) is 2.22. The number of amides is 1. The molecule has 1 N–H and O–H groups in total. The van der Waals surface area contributed by atoms with E-state index in [4.69, 9.17) is 0 Å². The Bertz CT molecular complexity index is 854. The van der Waals surface area contributed by atoms with E-state index >= 15 is 0 Å². The third kappa shape index (κ3) is 2.93. The van der Waals surface area contributed by atoms with Crippen LogP contribution >= 0.6 is 11.3 Å². The van der Waals surface area contributed by atoms with E-state index in [0.29, 0.717) is 18.8 Å². The number of hydrogen-bond acceptors (Lipinski definition) is 4. The number of hydrogen-bond donors (Lipinski definition) is 1. The maximum absolute atomic E-state index is 12.5. The van der Waals surface area contributed by atoms with Crippen molar-refractivity contribution in [3.8, 4) is 10.6 Å². The van der Waals surface area contributed by atoms with E-state index in [2.05, 4.69) is 28.1 Å². The molecule has 6 heteroatoms. The highest BCUT2D eigenvalue weighted by molar-refractivity contribution is 7.13. The fraction of sp³-hybridized carbons (Fsp3) is 0.118. The predicted octanol–water partition coefficient (Wildman–Crippen LogP) is 3.50. The first kappa shape index (κ1) is 15.2. The second kappa shape index (κ2) is 6.58. The molecule has 1 amide bonds. The van der Waals surface area contributed by atoms with E-state index in [9.17, 15) is 4.79 Å². The molecule has 116 valence electrons. The molecule has 0 atom stereocenters. The molecule has 0 aliphatic rings. The van der Waals surface area contributed by atoms with E-state index in [1.165, 1.54) is 11.3 Å². The molecular weight excluding hydrogens is 308 g/mol. The van der Waals surface area contributed by atoms with Crippen LogP contribution in [0.2, 0.25) is 0 Å². The van der Waals surface area contributed by atoms with Gasteiger partial charge in [0.15, 0.2) is 0 Å². The molecular formula is C17H16N4OS. The monoisotopic (exact) mass is 324 g/mol. The van der Waals surface area contributed by atoms with Gasteiger partial charge in [0.1, 0.15) is 16.3 Å². The van der Waals surface area contributed by atoms with Crippen LogP contribution in [-0.4, -0.2) is 38.8 Å². The number of nitrogens with zero attached hydrogens (tertiary/aromatic N) is 3. The predicted molar refractivity (Wildman–Crippen MR) is 93.5 cm³/mol. The van der Waals surface area contributed by atoms with Gasteiger partial charge in [-0.05, 0) is 12.1 Å². The number of nitrogens with one attached hydrogen (secondary N) is 1. The minimum atomic E-state index is -0.119. The SMILES string of the molecule is C=CCN(CC=C)C(=O)c1csc(-c2ccnc3[nH]ccc23)n1. The van der Waals surface area contributed by atoms with Gasteiger partial charge in [0.2, 0.25) is 0 Å². The molecule has 3 aromatic rings. The Labute approximate surface area is 138 Å². The lowest BCUT2D eigenvalue weighted by Crippen LogP contribution is -2.31. The smallest absolute Gasteiger partial charge is 0.273 e. The lowest BCUT2D eigenvalue weighted by Gasteiger charge is -2.17. The number of aromatic amines is 1. The summed E-state index contributed by atoms with van der Waals surface area (Å²) in [7, 11) is 0. The van der Waals surface area contributed by atoms with Crippen LogP contribution < -0.4 is 0 Å². The second-order valence-corrected chi connectivity index (χ2v) is 5.78. The van der Waals surface area contributed by atoms with Crippen LogP contribution in [-0.2, 0) is 0 Å². The van der Waals surface area contributed by atoms with E-state index in [1.54, 1.807) is 28.6 Å². The van der Waals surface area contributed by atoms with Crippen molar-refractivity contribution in [2.75, 3.05) is 13.1 Å². The summed E-state index contributed by atoms with van der Waals surface area (Å²) >= 11 is 1.45. The molecule has 0 saturated heterocycles. The molecule has 0 spiro atoms. The van der Waals surface area contributed by atoms with Crippen LogP contribution in [0.5, 0.6) is 0 Å². The number of carbonyl (C=O) groups is 1. The van der Waals surface area contributed by atoms with Crippen molar-refractivity contribution in [1.82, 2.24) is 19.9 Å². The summed E-state index contributed by atoms with van der Waals surface area (Å²) in [6, 6.07) is 3.87. The first-order valence-corrected chi connectivity index (χ1v) is 8.01. The number of pyridine rings is 1. The summed E-state index contributed by atoms with van der Waals surface area (Å²) in [5.74, 6) is -0.119. The first-order valence-electron chi connectivity index (χ1n) is 7.13. The van der Waals surface area contributed by atoms with E-state index < -0.39 is 0 Å². The van der Waals surface area contributed by atoms with Gasteiger partial charge < -0.3 is 9.88 Å². The summed E-state index contributed by atoms with van der Waals surface area (Å²) in [5, 5.41) is 3.59. The van der Waals surface area contributed by atoms with Crippen LogP contribution in [0.1, 0.15) is 10.5 Å². The Morgan fingerprint density at radius 3 is 2.83 bits per heavy atom. The zero-order valence-electron chi connectivity index (χ0n) is 12.5. The molecule has 0 aliphatic carbocycles. The number of carbonyl (C=O) groups excluding carboxylic acids is 1. The highest BCUT2D eigenvalue weighted by atomic mass is 32.1. The number of fused-ring (bicyclic) bond motifs is 1. The zero-order valence-corrected chi connectivity index (χ0v) is 13.3. The molecule has 3 heterocycles. The Morgan fingerprint density at radius 1 is 1.30 bits per heavy atom. The lowest BCUT2D eigenvalue weighted by molar-refractivity contribution is 0.0786. The molecule has 0 unspecified atom stereocenters. The summed E-state index contributed by atoms with van der Waals surface area (Å²) < 4.78 is 0. The summed E-state index contributed by atoms with van der Waals surface area (Å²) in [4.78, 5) is 26.1. The molecule has 0 fully saturated rings. The van der Waals surface area contributed by atoms with Crippen molar-refractivity contribution in [2.24, 2.45) is 0 Å². The molecule has 3 aromatic heterocycles. The van der Waals surface area contributed by atoms with Crippen LogP contribution in [0.3, 0.4) is 0 Å². The summed E-state index contributed by atoms with van der Waals surface area (Å²) in [6.45, 7) is 8.30. The quantitative estimate of drug-likeness (QED) is 0.706. The molecule has 0 bridgehead atoms. The van der Waals surface area contributed by atoms with Crippen LogP contribution in [0.15, 0.2) is 55.2 Å². The fourth-order valence-corrected chi connectivity index (χ4v) is 3.19. The minimum absolute atomic E-state index is 0.119. The normalized spacial score (nSPS) is 10.6. The molecule has 3 rings (SSSR count). The van der Waals surface area contributed by atoms with Crippen LogP contribution in [0, 0.1) is 0 Å². The highest BCUT2D eigenvalue weighted by Gasteiger charge is 2.18. The van der Waals surface area contributed by atoms with Crippen molar-refractivity contribution in [1.29, 1.82) is 0 Å². The zero-order chi connectivity index (χ0) is 16.2. The van der Waals surface area contributed by atoms with Gasteiger partial charge in [-0.15, -0.1) is 24.5 Å². The van der Waals surface area contributed by atoms with E-state index in [0.717, 1.165) is 21.6 Å². The molecule has 23 heavy (non-hydrogen) atoms. The third-order valence-corrected chi connectivity index (χ3v) is 4.28. The van der Waals surface area contributed by atoms with Crippen LogP contribution in [0.4, 0.5) is 0 Å². The van der Waals surface area contributed by atoms with Gasteiger partial charge in [-0.2, -0.15) is 0 Å². The second-order valence-electron chi connectivity index (χ2n) is 4.92. The minimum Gasteiger partial charge on any atom is -0.346 e. The summed E-state index contributed by atoms with van der Waals surface area (Å²) in [6.07, 6.45) is 6.97. The number of rotatable bonds is 6. The molecule has 0 aromatic carbocycles. The largest absolute Gasteiger partial charge is 0.346 e. The average molecular weight is 324 g/mol. The standard InChI is InChI=1S/C17H16N4OS/c1-3-9-21(10-4-2)17(22)14-11-23-16(20-14)13-6-8-19-15-12(13)5-7-18-15/h3-8,11H,1-2,9-10H2,(H,18,19).